The van der Waals surface area contributed by atoms with Gasteiger partial charge >= 0.3 is 0 Å². The maximum atomic E-state index is 12.2. The molecule has 0 spiro atoms. The van der Waals surface area contributed by atoms with Crippen molar-refractivity contribution in [3.05, 3.63) is 58.6 Å². The van der Waals surface area contributed by atoms with E-state index in [0.29, 0.717) is 35.3 Å². The Morgan fingerprint density at radius 1 is 1.19 bits per heavy atom. The van der Waals surface area contributed by atoms with Crippen molar-refractivity contribution in [2.24, 2.45) is 0 Å². The summed E-state index contributed by atoms with van der Waals surface area (Å²) in [6.07, 6.45) is 0.743. The van der Waals surface area contributed by atoms with Gasteiger partial charge in [0.2, 0.25) is 5.91 Å². The fraction of sp³-hybridized carbons (Fsp3) is 0.238. The van der Waals surface area contributed by atoms with Gasteiger partial charge in [0.15, 0.2) is 16.6 Å². The molecule has 0 aliphatic rings. The molecule has 0 radical (unpaired) electrons. The van der Waals surface area contributed by atoms with Crippen LogP contribution < -0.4 is 5.32 Å². The minimum absolute atomic E-state index is 0.00242. The number of carbonyl (C=O) groups excluding carboxylic acids is 1. The number of rotatable bonds is 9. The van der Waals surface area contributed by atoms with Gasteiger partial charge in [-0.3, -0.25) is 14.9 Å². The number of hydrogen-bond donors (Lipinski definition) is 1. The lowest BCUT2D eigenvalue weighted by Gasteiger charge is -2.07. The normalized spacial score (nSPS) is 11.2. The summed E-state index contributed by atoms with van der Waals surface area (Å²) in [5.41, 5.74) is 1.99. The summed E-state index contributed by atoms with van der Waals surface area (Å²) in [7, 11) is 1.62. The number of nitrogens with one attached hydrogen (secondary N) is 1. The van der Waals surface area contributed by atoms with Crippen molar-refractivity contribution in [3.63, 3.8) is 0 Å². The molecule has 0 unspecified atom stereocenters. The zero-order chi connectivity index (χ0) is 22.5. The van der Waals surface area contributed by atoms with E-state index in [-0.39, 0.29) is 17.3 Å². The number of para-hydroxylation sites is 1. The topological polar surface area (TPSA) is 125 Å². The van der Waals surface area contributed by atoms with Crippen molar-refractivity contribution < 1.29 is 14.5 Å². The number of nitrogens with zero attached hydrogens (tertiary/aromatic N) is 5. The van der Waals surface area contributed by atoms with Crippen LogP contribution in [0.2, 0.25) is 0 Å². The van der Waals surface area contributed by atoms with E-state index in [4.69, 9.17) is 4.74 Å². The summed E-state index contributed by atoms with van der Waals surface area (Å²) < 4.78 is 6.59. The van der Waals surface area contributed by atoms with E-state index in [2.05, 4.69) is 20.4 Å². The third-order valence-corrected chi connectivity index (χ3v) is 5.59. The summed E-state index contributed by atoms with van der Waals surface area (Å²) in [4.78, 5) is 32.0. The smallest absolute Gasteiger partial charge is 0.269 e. The number of fused-ring (bicyclic) bond motifs is 3. The number of nitro groups is 1. The monoisotopic (exact) mass is 452 g/mol. The summed E-state index contributed by atoms with van der Waals surface area (Å²) in [5.74, 6) is 0.494. The van der Waals surface area contributed by atoms with Gasteiger partial charge in [0.1, 0.15) is 0 Å². The molecule has 4 aromatic rings. The average molecular weight is 452 g/mol. The number of aromatic nitrogens is 4. The molecular weight excluding hydrogens is 432 g/mol. The number of non-ortho nitro benzene ring substituents is 1. The van der Waals surface area contributed by atoms with E-state index in [1.807, 2.05) is 24.3 Å². The third kappa shape index (κ3) is 4.68. The molecule has 10 nitrogen and oxygen atoms in total. The Labute approximate surface area is 187 Å². The molecule has 4 rings (SSSR count). The van der Waals surface area contributed by atoms with Crippen molar-refractivity contribution in [1.29, 1.82) is 0 Å². The molecular formula is C21H20N6O4S. The number of methoxy groups -OCH3 is 1. The van der Waals surface area contributed by atoms with Gasteiger partial charge < -0.3 is 10.1 Å². The van der Waals surface area contributed by atoms with Crippen molar-refractivity contribution in [2.45, 2.75) is 11.6 Å². The Morgan fingerprint density at radius 2 is 1.97 bits per heavy atom. The Balaban J connectivity index is 1.64. The van der Waals surface area contributed by atoms with Gasteiger partial charge in [-0.15, -0.1) is 5.10 Å². The van der Waals surface area contributed by atoms with E-state index in [0.717, 1.165) is 17.3 Å². The summed E-state index contributed by atoms with van der Waals surface area (Å²) in [6, 6.07) is 13.6. The van der Waals surface area contributed by atoms with Crippen LogP contribution >= 0.6 is 11.8 Å². The molecule has 0 aliphatic heterocycles. The lowest BCUT2D eigenvalue weighted by atomic mass is 10.2. The van der Waals surface area contributed by atoms with Gasteiger partial charge in [-0.2, -0.15) is 4.52 Å². The highest BCUT2D eigenvalue weighted by atomic mass is 32.2. The highest BCUT2D eigenvalue weighted by Crippen LogP contribution is 2.27. The van der Waals surface area contributed by atoms with Gasteiger partial charge in [0, 0.05) is 43.3 Å². The van der Waals surface area contributed by atoms with E-state index < -0.39 is 4.92 Å². The SMILES string of the molecule is COCCCNC(=O)CSc1nc2ccccc2c2nc(-c3ccc([N+](=O)[O-])cc3)nn12. The molecule has 0 atom stereocenters. The molecule has 1 N–H and O–H groups in total. The highest BCUT2D eigenvalue weighted by molar-refractivity contribution is 7.99. The molecule has 32 heavy (non-hydrogen) atoms. The first-order valence-corrected chi connectivity index (χ1v) is 10.8. The molecule has 0 fully saturated rings. The van der Waals surface area contributed by atoms with Crippen LogP contribution in [0, 0.1) is 10.1 Å². The number of carbonyl (C=O) groups is 1. The second-order valence-electron chi connectivity index (χ2n) is 6.87. The van der Waals surface area contributed by atoms with E-state index >= 15 is 0 Å². The van der Waals surface area contributed by atoms with Crippen LogP contribution in [0.3, 0.4) is 0 Å². The largest absolute Gasteiger partial charge is 0.385 e. The summed E-state index contributed by atoms with van der Waals surface area (Å²) >= 11 is 1.27. The molecule has 0 bridgehead atoms. The number of benzene rings is 2. The van der Waals surface area contributed by atoms with Crippen molar-refractivity contribution in [1.82, 2.24) is 24.9 Å². The quantitative estimate of drug-likeness (QED) is 0.135. The van der Waals surface area contributed by atoms with Crippen LogP contribution in [0.15, 0.2) is 53.7 Å². The average Bonchev–Trinajstić information content (AvgIpc) is 3.26. The van der Waals surface area contributed by atoms with Crippen molar-refractivity contribution in [2.75, 3.05) is 26.0 Å². The fourth-order valence-electron chi connectivity index (χ4n) is 3.10. The summed E-state index contributed by atoms with van der Waals surface area (Å²) in [6.45, 7) is 1.13. The van der Waals surface area contributed by atoms with Crippen LogP contribution in [-0.2, 0) is 9.53 Å². The van der Waals surface area contributed by atoms with Crippen LogP contribution in [0.25, 0.3) is 27.9 Å². The zero-order valence-corrected chi connectivity index (χ0v) is 18.0. The first kappa shape index (κ1) is 21.7. The predicted octanol–water partition coefficient (Wildman–Crippen LogP) is 3.10. The van der Waals surface area contributed by atoms with Gasteiger partial charge in [0.25, 0.3) is 5.69 Å². The van der Waals surface area contributed by atoms with Gasteiger partial charge in [-0.1, -0.05) is 23.9 Å². The first-order valence-electron chi connectivity index (χ1n) is 9.85. The minimum atomic E-state index is -0.451. The molecule has 2 heterocycles. The first-order chi connectivity index (χ1) is 15.6. The van der Waals surface area contributed by atoms with Crippen molar-refractivity contribution in [3.8, 4) is 11.4 Å². The van der Waals surface area contributed by atoms with Crippen LogP contribution in [0.4, 0.5) is 5.69 Å². The second-order valence-corrected chi connectivity index (χ2v) is 7.81. The number of nitro benzene ring substituents is 1. The Hall–Kier alpha value is -3.57. The Morgan fingerprint density at radius 3 is 2.72 bits per heavy atom. The van der Waals surface area contributed by atoms with E-state index in [1.54, 1.807) is 23.8 Å². The maximum absolute atomic E-state index is 12.2. The molecule has 0 saturated heterocycles. The van der Waals surface area contributed by atoms with Crippen molar-refractivity contribution >= 4 is 39.9 Å². The lowest BCUT2D eigenvalue weighted by molar-refractivity contribution is -0.384. The summed E-state index contributed by atoms with van der Waals surface area (Å²) in [5, 5.41) is 19.7. The molecule has 2 aromatic carbocycles. The van der Waals surface area contributed by atoms with Crippen LogP contribution in [-0.4, -0.2) is 56.4 Å². The molecule has 2 aromatic heterocycles. The predicted molar refractivity (Wildman–Crippen MR) is 121 cm³/mol. The third-order valence-electron chi connectivity index (χ3n) is 4.67. The van der Waals surface area contributed by atoms with Gasteiger partial charge in [0.05, 0.1) is 16.2 Å². The minimum Gasteiger partial charge on any atom is -0.385 e. The Kier molecular flexibility index (Phi) is 6.57. The number of thioether (sulfide) groups is 1. The Bertz CT molecular complexity index is 1270. The zero-order valence-electron chi connectivity index (χ0n) is 17.2. The van der Waals surface area contributed by atoms with Gasteiger partial charge in [-0.25, -0.2) is 9.97 Å². The fourth-order valence-corrected chi connectivity index (χ4v) is 3.88. The lowest BCUT2D eigenvalue weighted by Crippen LogP contribution is -2.27. The maximum Gasteiger partial charge on any atom is 0.269 e. The molecule has 164 valence electrons. The molecule has 0 saturated carbocycles. The number of ether oxygens (including phenoxy) is 1. The molecule has 1 amide bonds. The molecule has 11 heteroatoms. The number of amides is 1. The van der Waals surface area contributed by atoms with Gasteiger partial charge in [-0.05, 0) is 30.7 Å². The van der Waals surface area contributed by atoms with E-state index in [9.17, 15) is 14.9 Å². The van der Waals surface area contributed by atoms with Crippen LogP contribution in [0.1, 0.15) is 6.42 Å². The standard InChI is InChI=1S/C21H20N6O4S/c1-31-12-4-11-22-18(28)13-32-21-23-17-6-3-2-5-16(17)20-24-19(25-26(20)21)14-7-9-15(10-8-14)27(29)30/h2-3,5-10H,4,11-13H2,1H3,(H,22,28). The second kappa shape index (κ2) is 9.71. The highest BCUT2D eigenvalue weighted by Gasteiger charge is 2.16. The van der Waals surface area contributed by atoms with Crippen LogP contribution in [0.5, 0.6) is 0 Å². The van der Waals surface area contributed by atoms with E-state index in [1.165, 1.54) is 23.9 Å². The number of hydrogen-bond acceptors (Lipinski definition) is 8. The molecule has 0 aliphatic carbocycles.